The third kappa shape index (κ3) is 2.70. The van der Waals surface area contributed by atoms with Gasteiger partial charge in [0.1, 0.15) is 5.82 Å². The van der Waals surface area contributed by atoms with Crippen molar-refractivity contribution in [1.29, 1.82) is 0 Å². The van der Waals surface area contributed by atoms with Crippen LogP contribution < -0.4 is 10.9 Å². The minimum atomic E-state index is -0.583. The molecule has 0 atom stereocenters. The van der Waals surface area contributed by atoms with E-state index in [9.17, 15) is 9.90 Å². The van der Waals surface area contributed by atoms with Crippen LogP contribution in [0.2, 0.25) is 5.02 Å². The quantitative estimate of drug-likeness (QED) is 0.800. The number of benzene rings is 1. The van der Waals surface area contributed by atoms with Crippen LogP contribution in [-0.4, -0.2) is 27.2 Å². The second-order valence-electron chi connectivity index (χ2n) is 5.36. The third-order valence-electron chi connectivity index (χ3n) is 3.75. The van der Waals surface area contributed by atoms with Crippen molar-refractivity contribution in [3.63, 3.8) is 0 Å². The summed E-state index contributed by atoms with van der Waals surface area (Å²) in [6.07, 6.45) is 2.73. The molecule has 0 radical (unpaired) electrons. The van der Waals surface area contributed by atoms with Crippen molar-refractivity contribution in [2.75, 3.05) is 6.54 Å². The van der Waals surface area contributed by atoms with Crippen LogP contribution in [0.4, 0.5) is 0 Å². The summed E-state index contributed by atoms with van der Waals surface area (Å²) in [4.78, 5) is 19.0. The molecule has 0 aliphatic heterocycles. The molecule has 2 aromatic rings. The first-order valence-electron chi connectivity index (χ1n) is 6.67. The summed E-state index contributed by atoms with van der Waals surface area (Å²) < 4.78 is 0. The smallest absolute Gasteiger partial charge is 0.258 e. The summed E-state index contributed by atoms with van der Waals surface area (Å²) in [5.74, 6) is 0.549. The Bertz CT molecular complexity index is 694. The molecule has 0 saturated heterocycles. The van der Waals surface area contributed by atoms with Crippen molar-refractivity contribution in [3.05, 3.63) is 39.4 Å². The fraction of sp³-hybridized carbons (Fsp3) is 0.429. The first kappa shape index (κ1) is 13.5. The fourth-order valence-electron chi connectivity index (χ4n) is 2.42. The van der Waals surface area contributed by atoms with Gasteiger partial charge in [-0.05, 0) is 37.5 Å². The Morgan fingerprint density at radius 3 is 2.95 bits per heavy atom. The van der Waals surface area contributed by atoms with Crippen molar-refractivity contribution in [1.82, 2.24) is 15.3 Å². The second-order valence-corrected chi connectivity index (χ2v) is 5.79. The molecule has 1 aliphatic carbocycles. The molecule has 3 rings (SSSR count). The van der Waals surface area contributed by atoms with E-state index < -0.39 is 5.60 Å². The zero-order chi connectivity index (χ0) is 14.2. The monoisotopic (exact) mass is 293 g/mol. The van der Waals surface area contributed by atoms with Gasteiger partial charge in [0.2, 0.25) is 0 Å². The zero-order valence-corrected chi connectivity index (χ0v) is 11.7. The van der Waals surface area contributed by atoms with E-state index in [1.54, 1.807) is 18.2 Å². The molecule has 3 N–H and O–H groups in total. The lowest BCUT2D eigenvalue weighted by atomic mass is 9.80. The Morgan fingerprint density at radius 1 is 1.45 bits per heavy atom. The predicted octanol–water partition coefficient (Wildman–Crippen LogP) is 1.58. The number of fused-ring (bicyclic) bond motifs is 1. The minimum Gasteiger partial charge on any atom is -0.389 e. The summed E-state index contributed by atoms with van der Waals surface area (Å²) in [6, 6.07) is 5.01. The van der Waals surface area contributed by atoms with Crippen molar-refractivity contribution in [2.24, 2.45) is 0 Å². The van der Waals surface area contributed by atoms with Gasteiger partial charge < -0.3 is 15.4 Å². The van der Waals surface area contributed by atoms with E-state index in [-0.39, 0.29) is 5.56 Å². The normalized spacial score (nSPS) is 17.1. The summed E-state index contributed by atoms with van der Waals surface area (Å²) in [6.45, 7) is 0.935. The van der Waals surface area contributed by atoms with E-state index in [4.69, 9.17) is 11.6 Å². The van der Waals surface area contributed by atoms with Crippen molar-refractivity contribution in [3.8, 4) is 0 Å². The Labute approximate surface area is 121 Å². The average Bonchev–Trinajstić information content (AvgIpc) is 2.36. The molecule has 0 unspecified atom stereocenters. The van der Waals surface area contributed by atoms with Gasteiger partial charge in [-0.3, -0.25) is 4.79 Å². The molecule has 1 heterocycles. The lowest BCUT2D eigenvalue weighted by Crippen LogP contribution is -2.46. The maximum Gasteiger partial charge on any atom is 0.258 e. The second kappa shape index (κ2) is 5.16. The van der Waals surface area contributed by atoms with Crippen LogP contribution in [0.25, 0.3) is 10.9 Å². The number of aromatic nitrogens is 2. The first-order chi connectivity index (χ1) is 9.56. The highest BCUT2D eigenvalue weighted by molar-refractivity contribution is 6.31. The van der Waals surface area contributed by atoms with Crippen molar-refractivity contribution >= 4 is 22.5 Å². The van der Waals surface area contributed by atoms with E-state index >= 15 is 0 Å². The third-order valence-corrected chi connectivity index (χ3v) is 3.98. The van der Waals surface area contributed by atoms with Gasteiger partial charge in [-0.2, -0.15) is 0 Å². The van der Waals surface area contributed by atoms with Gasteiger partial charge in [0.25, 0.3) is 5.56 Å². The number of hydrogen-bond acceptors (Lipinski definition) is 4. The van der Waals surface area contributed by atoms with E-state index in [0.717, 1.165) is 19.3 Å². The van der Waals surface area contributed by atoms with Crippen LogP contribution in [0.3, 0.4) is 0 Å². The first-order valence-corrected chi connectivity index (χ1v) is 7.05. The Hall–Kier alpha value is -1.43. The highest BCUT2D eigenvalue weighted by Crippen LogP contribution is 2.30. The average molecular weight is 294 g/mol. The van der Waals surface area contributed by atoms with E-state index in [2.05, 4.69) is 15.3 Å². The largest absolute Gasteiger partial charge is 0.389 e. The maximum absolute atomic E-state index is 11.9. The standard InChI is InChI=1S/C14H16ClN3O2/c15-9-2-3-10-11(6-9)17-12(18-13(10)19)7-16-8-14(20)4-1-5-14/h2-3,6,16,20H,1,4-5,7-8H2,(H,17,18,19). The fourth-order valence-corrected chi connectivity index (χ4v) is 2.59. The summed E-state index contributed by atoms with van der Waals surface area (Å²) in [7, 11) is 0. The van der Waals surface area contributed by atoms with Gasteiger partial charge in [-0.1, -0.05) is 11.6 Å². The molecule has 106 valence electrons. The van der Waals surface area contributed by atoms with Crippen LogP contribution >= 0.6 is 11.6 Å². The molecule has 20 heavy (non-hydrogen) atoms. The minimum absolute atomic E-state index is 0.175. The summed E-state index contributed by atoms with van der Waals surface area (Å²) in [5.41, 5.74) is -0.174. The van der Waals surface area contributed by atoms with E-state index in [1.165, 1.54) is 0 Å². The predicted molar refractivity (Wildman–Crippen MR) is 77.9 cm³/mol. The van der Waals surface area contributed by atoms with Gasteiger partial charge in [-0.15, -0.1) is 0 Å². The van der Waals surface area contributed by atoms with E-state index in [0.29, 0.717) is 34.8 Å². The summed E-state index contributed by atoms with van der Waals surface area (Å²) >= 11 is 5.91. The van der Waals surface area contributed by atoms with Gasteiger partial charge >= 0.3 is 0 Å². The van der Waals surface area contributed by atoms with Gasteiger partial charge in [0.05, 0.1) is 23.0 Å². The SMILES string of the molecule is O=c1[nH]c(CNCC2(O)CCC2)nc2cc(Cl)ccc12. The molecule has 1 fully saturated rings. The Balaban J connectivity index is 1.76. The number of halogens is 1. The van der Waals surface area contributed by atoms with Crippen LogP contribution in [0.5, 0.6) is 0 Å². The Morgan fingerprint density at radius 2 is 2.25 bits per heavy atom. The molecule has 1 aromatic heterocycles. The molecule has 5 nitrogen and oxygen atoms in total. The molecular weight excluding hydrogens is 278 g/mol. The lowest BCUT2D eigenvalue weighted by molar-refractivity contribution is -0.0315. The van der Waals surface area contributed by atoms with Crippen molar-refractivity contribution < 1.29 is 5.11 Å². The van der Waals surface area contributed by atoms with Crippen molar-refractivity contribution in [2.45, 2.75) is 31.4 Å². The molecule has 0 bridgehead atoms. The lowest BCUT2D eigenvalue weighted by Gasteiger charge is -2.36. The number of aliphatic hydroxyl groups is 1. The van der Waals surface area contributed by atoms with Crippen LogP contribution in [0.15, 0.2) is 23.0 Å². The molecule has 6 heteroatoms. The topological polar surface area (TPSA) is 78.0 Å². The van der Waals surface area contributed by atoms with Crippen LogP contribution in [0.1, 0.15) is 25.1 Å². The number of H-pyrrole nitrogens is 1. The van der Waals surface area contributed by atoms with Crippen LogP contribution in [-0.2, 0) is 6.54 Å². The van der Waals surface area contributed by atoms with E-state index in [1.807, 2.05) is 0 Å². The number of nitrogens with one attached hydrogen (secondary N) is 2. The number of nitrogens with zero attached hydrogens (tertiary/aromatic N) is 1. The van der Waals surface area contributed by atoms with Gasteiger partial charge in [-0.25, -0.2) is 4.98 Å². The maximum atomic E-state index is 11.9. The molecule has 0 spiro atoms. The highest BCUT2D eigenvalue weighted by Gasteiger charge is 2.33. The molecular formula is C14H16ClN3O2. The van der Waals surface area contributed by atoms with Gasteiger partial charge in [0, 0.05) is 11.6 Å². The number of aromatic amines is 1. The van der Waals surface area contributed by atoms with Crippen LogP contribution in [0, 0.1) is 0 Å². The molecule has 1 aliphatic rings. The Kier molecular flexibility index (Phi) is 3.50. The highest BCUT2D eigenvalue weighted by atomic mass is 35.5. The molecule has 1 aromatic carbocycles. The van der Waals surface area contributed by atoms with Gasteiger partial charge in [0.15, 0.2) is 0 Å². The molecule has 1 saturated carbocycles. The zero-order valence-electron chi connectivity index (χ0n) is 10.9. The number of hydrogen-bond donors (Lipinski definition) is 3. The molecule has 0 amide bonds. The summed E-state index contributed by atoms with van der Waals surface area (Å²) in [5, 5.41) is 14.2. The number of rotatable bonds is 4.